The van der Waals surface area contributed by atoms with Crippen molar-refractivity contribution >= 4 is 0 Å². The van der Waals surface area contributed by atoms with E-state index in [9.17, 15) is 0 Å². The van der Waals surface area contributed by atoms with Gasteiger partial charge in [0.1, 0.15) is 0 Å². The van der Waals surface area contributed by atoms with Crippen molar-refractivity contribution in [1.29, 1.82) is 0 Å². The highest BCUT2D eigenvalue weighted by molar-refractivity contribution is 5.88. The maximum Gasteiger partial charge on any atom is 0.0467 e. The Morgan fingerprint density at radius 2 is 1.21 bits per heavy atom. The topological polar surface area (TPSA) is 0 Å². The van der Waals surface area contributed by atoms with Crippen molar-refractivity contribution in [3.8, 4) is 33.4 Å². The van der Waals surface area contributed by atoms with E-state index in [2.05, 4.69) is 163 Å². The Morgan fingerprint density at radius 3 is 1.72 bits per heavy atom. The van der Waals surface area contributed by atoms with Gasteiger partial charge >= 0.3 is 0 Å². The molecule has 43 heavy (non-hydrogen) atoms. The van der Waals surface area contributed by atoms with Crippen molar-refractivity contribution in [3.63, 3.8) is 0 Å². The summed E-state index contributed by atoms with van der Waals surface area (Å²) < 4.78 is 0. The van der Waals surface area contributed by atoms with Crippen molar-refractivity contribution in [2.24, 2.45) is 0 Å². The monoisotopic (exact) mass is 560 g/mol. The van der Waals surface area contributed by atoms with E-state index in [-0.39, 0.29) is 10.8 Å². The van der Waals surface area contributed by atoms with E-state index >= 15 is 0 Å². The van der Waals surface area contributed by atoms with E-state index in [1.165, 1.54) is 61.2 Å². The number of rotatable bonds is 8. The lowest BCUT2D eigenvalue weighted by Gasteiger charge is -2.34. The molecule has 0 fully saturated rings. The lowest BCUT2D eigenvalue weighted by atomic mass is 9.68. The lowest BCUT2D eigenvalue weighted by molar-refractivity contribution is 0.572. The quantitative estimate of drug-likeness (QED) is 0.166. The van der Waals surface area contributed by atoms with Crippen molar-refractivity contribution in [2.45, 2.75) is 70.6 Å². The molecule has 0 spiro atoms. The van der Waals surface area contributed by atoms with Gasteiger partial charge in [-0.25, -0.2) is 0 Å². The molecule has 5 aromatic rings. The maximum atomic E-state index is 4.16. The van der Waals surface area contributed by atoms with Crippen LogP contribution in [0.25, 0.3) is 33.4 Å². The minimum absolute atomic E-state index is 0.105. The Bertz CT molecular complexity index is 1730. The van der Waals surface area contributed by atoms with Gasteiger partial charge in [0.25, 0.3) is 0 Å². The molecule has 2 unspecified atom stereocenters. The predicted octanol–water partition coefficient (Wildman–Crippen LogP) is 12.1. The van der Waals surface area contributed by atoms with Crippen LogP contribution in [0.2, 0.25) is 0 Å². The number of hydrogen-bond acceptors (Lipinski definition) is 0. The first-order chi connectivity index (χ1) is 20.8. The van der Waals surface area contributed by atoms with Crippen LogP contribution in [0.15, 0.2) is 128 Å². The highest BCUT2D eigenvalue weighted by Gasteiger charge is 2.44. The van der Waals surface area contributed by atoms with Gasteiger partial charge in [-0.3, -0.25) is 0 Å². The summed E-state index contributed by atoms with van der Waals surface area (Å²) in [5, 5.41) is 0. The van der Waals surface area contributed by atoms with Crippen LogP contribution in [0.3, 0.4) is 0 Å². The molecule has 0 saturated carbocycles. The second kappa shape index (κ2) is 11.5. The van der Waals surface area contributed by atoms with Crippen LogP contribution in [0, 0.1) is 0 Å². The summed E-state index contributed by atoms with van der Waals surface area (Å²) in [5.41, 5.74) is 14.5. The van der Waals surface area contributed by atoms with Crippen LogP contribution in [0.5, 0.6) is 0 Å². The Morgan fingerprint density at radius 1 is 0.674 bits per heavy atom. The lowest BCUT2D eigenvalue weighted by Crippen LogP contribution is -2.27. The molecule has 0 amide bonds. The molecule has 0 heterocycles. The molecule has 0 saturated heterocycles. The standard InChI is InChI=1S/C43H44/c1-7-9-27-43(37-23-21-36(22-24-37)42(4,5)6)40-28-34(32-13-11-10-12-14-32)19-25-38(40)39-26-20-35(29-41(39)43)33-17-15-31(16-18-33)30(3)8-2/h7,10-26,28-30H,1,8-9,27H2,2-6H3. The molecule has 0 heteroatoms. The van der Waals surface area contributed by atoms with Crippen molar-refractivity contribution in [2.75, 3.05) is 0 Å². The summed E-state index contributed by atoms with van der Waals surface area (Å²) in [6.07, 6.45) is 5.14. The number of benzene rings is 5. The van der Waals surface area contributed by atoms with E-state index in [1.807, 2.05) is 0 Å². The Kier molecular flexibility index (Phi) is 7.74. The van der Waals surface area contributed by atoms with Gasteiger partial charge in [0.05, 0.1) is 0 Å². The summed E-state index contributed by atoms with van der Waals surface area (Å²) in [7, 11) is 0. The molecule has 0 nitrogen and oxygen atoms in total. The average Bonchev–Trinajstić information content (AvgIpc) is 3.32. The van der Waals surface area contributed by atoms with Gasteiger partial charge < -0.3 is 0 Å². The van der Waals surface area contributed by atoms with Crippen LogP contribution in [0.4, 0.5) is 0 Å². The molecule has 1 aliphatic rings. The molecule has 5 aromatic carbocycles. The fourth-order valence-corrected chi connectivity index (χ4v) is 6.94. The van der Waals surface area contributed by atoms with Crippen molar-refractivity contribution < 1.29 is 0 Å². The Hall–Kier alpha value is -4.16. The van der Waals surface area contributed by atoms with E-state index in [0.29, 0.717) is 5.92 Å². The van der Waals surface area contributed by atoms with E-state index < -0.39 is 0 Å². The molecular weight excluding hydrogens is 516 g/mol. The first-order valence-corrected chi connectivity index (χ1v) is 15.9. The van der Waals surface area contributed by atoms with E-state index in [4.69, 9.17) is 0 Å². The van der Waals surface area contributed by atoms with Gasteiger partial charge in [-0.15, -0.1) is 6.58 Å². The maximum absolute atomic E-state index is 4.16. The summed E-state index contributed by atoms with van der Waals surface area (Å²) in [6, 6.07) is 43.8. The molecule has 0 aliphatic heterocycles. The highest BCUT2D eigenvalue weighted by atomic mass is 14.5. The van der Waals surface area contributed by atoms with E-state index in [1.54, 1.807) is 0 Å². The minimum atomic E-state index is -0.271. The Labute approximate surface area is 259 Å². The largest absolute Gasteiger partial charge is 0.103 e. The molecule has 6 rings (SSSR count). The SMILES string of the molecule is C=CCCC1(c2ccc(C(C)(C)C)cc2)c2cc(-c3ccccc3)ccc2-c2ccc(-c3ccc(C(C)CC)cc3)cc21. The summed E-state index contributed by atoms with van der Waals surface area (Å²) >= 11 is 0. The summed E-state index contributed by atoms with van der Waals surface area (Å²) in [4.78, 5) is 0. The number of allylic oxidation sites excluding steroid dienone is 1. The summed E-state index contributed by atoms with van der Waals surface area (Å²) in [6.45, 7) is 15.6. The number of hydrogen-bond donors (Lipinski definition) is 0. The molecule has 0 aromatic heterocycles. The second-order valence-corrected chi connectivity index (χ2v) is 13.4. The van der Waals surface area contributed by atoms with Gasteiger partial charge in [-0.1, -0.05) is 144 Å². The molecule has 0 N–H and O–H groups in total. The molecule has 2 atom stereocenters. The fourth-order valence-electron chi connectivity index (χ4n) is 6.94. The molecular formula is C43H44. The Balaban J connectivity index is 1.58. The smallest absolute Gasteiger partial charge is 0.0467 e. The highest BCUT2D eigenvalue weighted by Crippen LogP contribution is 2.56. The normalized spacial score (nSPS) is 16.4. The molecule has 216 valence electrons. The van der Waals surface area contributed by atoms with Crippen LogP contribution in [-0.2, 0) is 10.8 Å². The zero-order chi connectivity index (χ0) is 30.2. The third-order valence-corrected chi connectivity index (χ3v) is 9.75. The third kappa shape index (κ3) is 5.18. The molecule has 0 bridgehead atoms. The minimum Gasteiger partial charge on any atom is -0.103 e. The molecule has 1 aliphatic carbocycles. The zero-order valence-electron chi connectivity index (χ0n) is 26.5. The van der Waals surface area contributed by atoms with Crippen molar-refractivity contribution in [1.82, 2.24) is 0 Å². The predicted molar refractivity (Wildman–Crippen MR) is 186 cm³/mol. The average molecular weight is 561 g/mol. The van der Waals surface area contributed by atoms with Gasteiger partial charge in [0.2, 0.25) is 0 Å². The summed E-state index contributed by atoms with van der Waals surface area (Å²) in [5.74, 6) is 0.574. The number of fused-ring (bicyclic) bond motifs is 3. The van der Waals surface area contributed by atoms with Crippen LogP contribution in [-0.4, -0.2) is 0 Å². The first-order valence-electron chi connectivity index (χ1n) is 15.9. The van der Waals surface area contributed by atoms with Crippen molar-refractivity contribution in [3.05, 3.63) is 156 Å². The van der Waals surface area contributed by atoms with Gasteiger partial charge in [0.15, 0.2) is 0 Å². The second-order valence-electron chi connectivity index (χ2n) is 13.4. The van der Waals surface area contributed by atoms with Crippen LogP contribution >= 0.6 is 0 Å². The third-order valence-electron chi connectivity index (χ3n) is 9.75. The first kappa shape index (κ1) is 28.9. The van der Waals surface area contributed by atoms with Gasteiger partial charge in [-0.2, -0.15) is 0 Å². The van der Waals surface area contributed by atoms with Gasteiger partial charge in [0, 0.05) is 5.41 Å². The molecule has 0 radical (unpaired) electrons. The van der Waals surface area contributed by atoms with Crippen LogP contribution in [0.1, 0.15) is 87.6 Å². The van der Waals surface area contributed by atoms with E-state index in [0.717, 1.165) is 19.3 Å². The zero-order valence-corrected chi connectivity index (χ0v) is 26.5. The van der Waals surface area contributed by atoms with Gasteiger partial charge in [-0.05, 0) is 104 Å². The fraction of sp³-hybridized carbons (Fsp3) is 0.256. The van der Waals surface area contributed by atoms with Crippen LogP contribution < -0.4 is 0 Å².